The van der Waals surface area contributed by atoms with Crippen molar-refractivity contribution in [3.05, 3.63) is 66.1 Å². The maximum Gasteiger partial charge on any atom is 0.274 e. The zero-order valence-corrected chi connectivity index (χ0v) is 15.5. The Morgan fingerprint density at radius 2 is 2.11 bits per heavy atom. The van der Waals surface area contributed by atoms with Crippen LogP contribution in [0.3, 0.4) is 0 Å². The fourth-order valence-electron chi connectivity index (χ4n) is 3.33. The Hall–Kier alpha value is -3.22. The molecule has 1 aliphatic rings. The van der Waals surface area contributed by atoms with Crippen LogP contribution in [0.25, 0.3) is 11.3 Å². The molecule has 1 N–H and O–H groups in total. The Morgan fingerprint density at radius 1 is 1.29 bits per heavy atom. The van der Waals surface area contributed by atoms with Gasteiger partial charge in [0.1, 0.15) is 5.69 Å². The van der Waals surface area contributed by atoms with Gasteiger partial charge in [0.15, 0.2) is 11.6 Å². The zero-order chi connectivity index (χ0) is 19.7. The second-order valence-corrected chi connectivity index (χ2v) is 7.16. The molecule has 0 bridgehead atoms. The molecule has 1 aromatic carbocycles. The van der Waals surface area contributed by atoms with Gasteiger partial charge in [-0.1, -0.05) is 0 Å². The van der Waals surface area contributed by atoms with Gasteiger partial charge >= 0.3 is 0 Å². The monoisotopic (exact) mass is 380 g/mol. The summed E-state index contributed by atoms with van der Waals surface area (Å²) in [6, 6.07) is 8.08. The highest BCUT2D eigenvalue weighted by Crippen LogP contribution is 2.29. The fourth-order valence-corrected chi connectivity index (χ4v) is 3.33. The maximum atomic E-state index is 13.3. The van der Waals surface area contributed by atoms with Gasteiger partial charge in [-0.15, -0.1) is 0 Å². The maximum absolute atomic E-state index is 13.3. The van der Waals surface area contributed by atoms with E-state index in [9.17, 15) is 14.3 Å². The van der Waals surface area contributed by atoms with Crippen molar-refractivity contribution in [2.24, 2.45) is 7.05 Å². The van der Waals surface area contributed by atoms with Crippen molar-refractivity contribution in [1.82, 2.24) is 19.4 Å². The summed E-state index contributed by atoms with van der Waals surface area (Å²) in [4.78, 5) is 23.4. The average Bonchev–Trinajstić information content (AvgIpc) is 3.08. The highest BCUT2D eigenvalue weighted by Gasteiger charge is 2.30. The normalized spacial score (nSPS) is 13.9. The van der Waals surface area contributed by atoms with Crippen LogP contribution >= 0.6 is 0 Å². The molecule has 7 heteroatoms. The van der Waals surface area contributed by atoms with Crippen LogP contribution in [0, 0.1) is 5.82 Å². The summed E-state index contributed by atoms with van der Waals surface area (Å²) in [7, 11) is 1.84. The zero-order valence-electron chi connectivity index (χ0n) is 15.5. The second-order valence-electron chi connectivity index (χ2n) is 7.16. The standard InChI is InChI=1S/C21H21FN4O2/c1-25-12-19(24-13-25)21(28)26(16-3-2-4-16)11-14-7-8-23-18(9-14)15-5-6-17(22)20(27)10-15/h5-10,12-13,16,27H,2-4,11H2,1H3. The molecule has 3 aromatic rings. The molecule has 4 rings (SSSR count). The highest BCUT2D eigenvalue weighted by molar-refractivity contribution is 5.92. The number of hydrogen-bond donors (Lipinski definition) is 1. The first-order valence-electron chi connectivity index (χ1n) is 9.24. The number of nitrogens with zero attached hydrogens (tertiary/aromatic N) is 4. The summed E-state index contributed by atoms with van der Waals surface area (Å²) in [5.41, 5.74) is 2.59. The van der Waals surface area contributed by atoms with Crippen molar-refractivity contribution in [1.29, 1.82) is 0 Å². The molecule has 1 aliphatic carbocycles. The van der Waals surface area contributed by atoms with Gasteiger partial charge in [-0.3, -0.25) is 9.78 Å². The third-order valence-corrected chi connectivity index (χ3v) is 5.12. The van der Waals surface area contributed by atoms with Crippen LogP contribution in [0.2, 0.25) is 0 Å². The van der Waals surface area contributed by atoms with Crippen LogP contribution in [-0.2, 0) is 13.6 Å². The lowest BCUT2D eigenvalue weighted by Gasteiger charge is -2.37. The third kappa shape index (κ3) is 3.60. The van der Waals surface area contributed by atoms with E-state index in [2.05, 4.69) is 9.97 Å². The lowest BCUT2D eigenvalue weighted by molar-refractivity contribution is 0.0551. The van der Waals surface area contributed by atoms with Crippen LogP contribution in [0.15, 0.2) is 49.1 Å². The van der Waals surface area contributed by atoms with E-state index in [1.54, 1.807) is 29.4 Å². The quantitative estimate of drug-likeness (QED) is 0.735. The number of rotatable bonds is 5. The number of carbonyl (C=O) groups excluding carboxylic acids is 1. The molecule has 1 amide bonds. The largest absolute Gasteiger partial charge is 0.505 e. The third-order valence-electron chi connectivity index (χ3n) is 5.12. The number of hydrogen-bond acceptors (Lipinski definition) is 4. The van der Waals surface area contributed by atoms with Gasteiger partial charge in [0.2, 0.25) is 0 Å². The SMILES string of the molecule is Cn1cnc(C(=O)N(Cc2ccnc(-c3ccc(F)c(O)c3)c2)C2CCC2)c1. The Labute approximate surface area is 162 Å². The number of pyridine rings is 1. The minimum atomic E-state index is -0.669. The summed E-state index contributed by atoms with van der Waals surface area (Å²) in [5.74, 6) is -1.16. The van der Waals surface area contributed by atoms with Crippen molar-refractivity contribution in [3.8, 4) is 17.0 Å². The van der Waals surface area contributed by atoms with E-state index in [1.165, 1.54) is 12.1 Å². The number of imidazole rings is 1. The molecule has 144 valence electrons. The van der Waals surface area contributed by atoms with Gasteiger partial charge in [0.25, 0.3) is 5.91 Å². The average molecular weight is 380 g/mol. The second kappa shape index (κ2) is 7.42. The van der Waals surface area contributed by atoms with Crippen molar-refractivity contribution in [2.45, 2.75) is 31.8 Å². The van der Waals surface area contributed by atoms with Gasteiger partial charge in [0.05, 0.1) is 12.0 Å². The van der Waals surface area contributed by atoms with E-state index < -0.39 is 11.6 Å². The summed E-state index contributed by atoms with van der Waals surface area (Å²) in [5, 5.41) is 9.62. The first-order chi connectivity index (χ1) is 13.5. The molecule has 0 atom stereocenters. The number of carbonyl (C=O) groups is 1. The first-order valence-corrected chi connectivity index (χ1v) is 9.24. The molecule has 1 saturated carbocycles. The number of aromatic nitrogens is 3. The van der Waals surface area contributed by atoms with E-state index in [0.717, 1.165) is 24.8 Å². The lowest BCUT2D eigenvalue weighted by atomic mass is 9.90. The molecule has 2 aromatic heterocycles. The number of phenols is 1. The minimum absolute atomic E-state index is 0.0805. The number of halogens is 1. The fraction of sp³-hybridized carbons (Fsp3) is 0.286. The number of benzene rings is 1. The molecule has 2 heterocycles. The minimum Gasteiger partial charge on any atom is -0.505 e. The molecule has 0 unspecified atom stereocenters. The van der Waals surface area contributed by atoms with Crippen molar-refractivity contribution >= 4 is 5.91 Å². The lowest BCUT2D eigenvalue weighted by Crippen LogP contribution is -2.43. The first kappa shape index (κ1) is 18.2. The smallest absolute Gasteiger partial charge is 0.274 e. The molecule has 28 heavy (non-hydrogen) atoms. The van der Waals surface area contributed by atoms with Gasteiger partial charge in [-0.25, -0.2) is 9.37 Å². The molecule has 6 nitrogen and oxygen atoms in total. The number of aryl methyl sites for hydroxylation is 1. The Bertz CT molecular complexity index is 1010. The predicted octanol–water partition coefficient (Wildman–Crippen LogP) is 3.52. The number of phenolic OH excluding ortho intramolecular Hbond substituents is 1. The van der Waals surface area contributed by atoms with Gasteiger partial charge in [-0.2, -0.15) is 0 Å². The molecule has 0 saturated heterocycles. The van der Waals surface area contributed by atoms with E-state index >= 15 is 0 Å². The molecule has 0 aliphatic heterocycles. The van der Waals surface area contributed by atoms with Gasteiger partial charge < -0.3 is 14.6 Å². The van der Waals surface area contributed by atoms with E-state index in [-0.39, 0.29) is 11.9 Å². The summed E-state index contributed by atoms with van der Waals surface area (Å²) in [6.45, 7) is 0.447. The highest BCUT2D eigenvalue weighted by atomic mass is 19.1. The van der Waals surface area contributed by atoms with Gasteiger partial charge in [0, 0.05) is 37.6 Å². The van der Waals surface area contributed by atoms with Crippen molar-refractivity contribution < 1.29 is 14.3 Å². The predicted molar refractivity (Wildman–Crippen MR) is 102 cm³/mol. The number of amides is 1. The van der Waals surface area contributed by atoms with Crippen LogP contribution in [0.1, 0.15) is 35.3 Å². The molecule has 0 radical (unpaired) electrons. The van der Waals surface area contributed by atoms with Crippen molar-refractivity contribution in [2.75, 3.05) is 0 Å². The molecule has 1 fully saturated rings. The van der Waals surface area contributed by atoms with Crippen LogP contribution in [0.4, 0.5) is 4.39 Å². The Balaban J connectivity index is 1.60. The molecular weight excluding hydrogens is 359 g/mol. The van der Waals surface area contributed by atoms with Crippen LogP contribution in [-0.4, -0.2) is 36.5 Å². The van der Waals surface area contributed by atoms with Gasteiger partial charge in [-0.05, 0) is 55.2 Å². The Morgan fingerprint density at radius 3 is 2.75 bits per heavy atom. The molecule has 0 spiro atoms. The summed E-state index contributed by atoms with van der Waals surface area (Å²) >= 11 is 0. The van der Waals surface area contributed by atoms with Crippen LogP contribution in [0.5, 0.6) is 5.75 Å². The number of aromatic hydroxyl groups is 1. The summed E-state index contributed by atoms with van der Waals surface area (Å²) < 4.78 is 15.1. The topological polar surface area (TPSA) is 71.2 Å². The van der Waals surface area contributed by atoms with Crippen LogP contribution < -0.4 is 0 Å². The molecular formula is C21H21FN4O2. The van der Waals surface area contributed by atoms with E-state index in [4.69, 9.17) is 0 Å². The summed E-state index contributed by atoms with van der Waals surface area (Å²) in [6.07, 6.45) is 8.11. The Kier molecular flexibility index (Phi) is 4.81. The van der Waals surface area contributed by atoms with E-state index in [0.29, 0.717) is 23.5 Å². The van der Waals surface area contributed by atoms with Crippen molar-refractivity contribution in [3.63, 3.8) is 0 Å². The van der Waals surface area contributed by atoms with E-state index in [1.807, 2.05) is 24.1 Å².